The van der Waals surface area contributed by atoms with Crippen LogP contribution >= 0.6 is 0 Å². The van der Waals surface area contributed by atoms with E-state index in [0.717, 1.165) is 0 Å². The lowest BCUT2D eigenvalue weighted by atomic mass is 10.1. The number of carbonyl (C=O) groups excluding carboxylic acids is 2. The Bertz CT molecular complexity index is 814. The lowest BCUT2D eigenvalue weighted by Crippen LogP contribution is -2.19. The van der Waals surface area contributed by atoms with Crippen LogP contribution < -0.4 is 10.7 Å². The van der Waals surface area contributed by atoms with Gasteiger partial charge in [0.2, 0.25) is 5.91 Å². The monoisotopic (exact) mass is 341 g/mol. The summed E-state index contributed by atoms with van der Waals surface area (Å²) in [5, 5.41) is 25.7. The fourth-order valence-corrected chi connectivity index (χ4v) is 2.04. The van der Waals surface area contributed by atoms with Gasteiger partial charge in [-0.1, -0.05) is 6.92 Å². The minimum atomic E-state index is -0.425. The number of nitrogens with zero attached hydrogens (tertiary/aromatic N) is 1. The number of amides is 2. The first-order valence-corrected chi connectivity index (χ1v) is 7.67. The van der Waals surface area contributed by atoms with E-state index in [2.05, 4.69) is 15.8 Å². The second-order valence-corrected chi connectivity index (χ2v) is 5.32. The summed E-state index contributed by atoms with van der Waals surface area (Å²) in [5.41, 5.74) is 4.17. The van der Waals surface area contributed by atoms with Crippen LogP contribution in [0.15, 0.2) is 47.6 Å². The molecule has 0 aliphatic rings. The van der Waals surface area contributed by atoms with E-state index >= 15 is 0 Å². The normalized spacial score (nSPS) is 11.0. The van der Waals surface area contributed by atoms with Gasteiger partial charge in [-0.05, 0) is 43.3 Å². The molecule has 130 valence electrons. The largest absolute Gasteiger partial charge is 0.508 e. The van der Waals surface area contributed by atoms with E-state index in [1.54, 1.807) is 38.1 Å². The molecular weight excluding hydrogens is 322 g/mol. The molecule has 7 heteroatoms. The van der Waals surface area contributed by atoms with Gasteiger partial charge in [-0.3, -0.25) is 9.59 Å². The second kappa shape index (κ2) is 7.96. The van der Waals surface area contributed by atoms with E-state index in [-0.39, 0.29) is 17.4 Å². The Kier molecular flexibility index (Phi) is 5.73. The smallest absolute Gasteiger partial charge is 0.271 e. The minimum absolute atomic E-state index is 0.0617. The first kappa shape index (κ1) is 18.0. The lowest BCUT2D eigenvalue weighted by Gasteiger charge is -2.07. The molecule has 2 aromatic rings. The van der Waals surface area contributed by atoms with E-state index < -0.39 is 5.91 Å². The van der Waals surface area contributed by atoms with Crippen molar-refractivity contribution in [2.45, 2.75) is 20.3 Å². The molecule has 4 N–H and O–H groups in total. The molecule has 0 heterocycles. The summed E-state index contributed by atoms with van der Waals surface area (Å²) in [6, 6.07) is 10.5. The van der Waals surface area contributed by atoms with Crippen LogP contribution in [0.3, 0.4) is 0 Å². The second-order valence-electron chi connectivity index (χ2n) is 5.32. The zero-order chi connectivity index (χ0) is 18.4. The Morgan fingerprint density at radius 2 is 1.76 bits per heavy atom. The predicted octanol–water partition coefficient (Wildman–Crippen LogP) is 2.60. The predicted molar refractivity (Wildman–Crippen MR) is 94.8 cm³/mol. The highest BCUT2D eigenvalue weighted by Gasteiger charge is 2.08. The molecule has 2 aromatic carbocycles. The maximum absolute atomic E-state index is 12.1. The highest BCUT2D eigenvalue weighted by atomic mass is 16.3. The summed E-state index contributed by atoms with van der Waals surface area (Å²) in [4.78, 5) is 23.4. The lowest BCUT2D eigenvalue weighted by molar-refractivity contribution is -0.115. The van der Waals surface area contributed by atoms with Gasteiger partial charge < -0.3 is 15.5 Å². The van der Waals surface area contributed by atoms with Crippen molar-refractivity contribution in [1.29, 1.82) is 0 Å². The standard InChI is InChI=1S/C18H19N3O4/c1-3-17(24)19-13-6-4-12(5-7-13)18(25)21-20-11(2)15-9-8-14(22)10-16(15)23/h4-10,22-23H,3H2,1-2H3,(H,19,24)(H,21,25). The van der Waals surface area contributed by atoms with Gasteiger partial charge in [0.05, 0.1) is 5.71 Å². The van der Waals surface area contributed by atoms with Gasteiger partial charge >= 0.3 is 0 Å². The molecule has 0 aliphatic heterocycles. The van der Waals surface area contributed by atoms with Crippen LogP contribution in [0.2, 0.25) is 0 Å². The van der Waals surface area contributed by atoms with E-state index in [4.69, 9.17) is 0 Å². The van der Waals surface area contributed by atoms with Crippen molar-refractivity contribution in [3.05, 3.63) is 53.6 Å². The Morgan fingerprint density at radius 1 is 1.08 bits per heavy atom. The number of benzene rings is 2. The SMILES string of the molecule is CCC(=O)Nc1ccc(C(=O)NN=C(C)c2ccc(O)cc2O)cc1. The number of phenols is 2. The first-order valence-electron chi connectivity index (χ1n) is 7.67. The summed E-state index contributed by atoms with van der Waals surface area (Å²) in [5.74, 6) is -0.725. The zero-order valence-corrected chi connectivity index (χ0v) is 13.9. The maximum atomic E-state index is 12.1. The van der Waals surface area contributed by atoms with Crippen LogP contribution in [-0.4, -0.2) is 27.7 Å². The number of hydrogen-bond donors (Lipinski definition) is 4. The molecular formula is C18H19N3O4. The van der Waals surface area contributed by atoms with Crippen LogP contribution in [0.1, 0.15) is 36.2 Å². The molecule has 0 aliphatic carbocycles. The number of aromatic hydroxyl groups is 2. The topological polar surface area (TPSA) is 111 Å². The van der Waals surface area contributed by atoms with E-state index in [1.807, 2.05) is 0 Å². The summed E-state index contributed by atoms with van der Waals surface area (Å²) < 4.78 is 0. The number of rotatable bonds is 5. The number of nitrogens with one attached hydrogen (secondary N) is 2. The number of phenolic OH excluding ortho intramolecular Hbond substituents is 2. The van der Waals surface area contributed by atoms with Crippen LogP contribution in [0, 0.1) is 0 Å². The van der Waals surface area contributed by atoms with E-state index in [0.29, 0.717) is 28.9 Å². The fraction of sp³-hybridized carbons (Fsp3) is 0.167. The van der Waals surface area contributed by atoms with Crippen molar-refractivity contribution >= 4 is 23.2 Å². The molecule has 0 atom stereocenters. The highest BCUT2D eigenvalue weighted by Crippen LogP contribution is 2.23. The fourth-order valence-electron chi connectivity index (χ4n) is 2.04. The van der Waals surface area contributed by atoms with Gasteiger partial charge in [0.1, 0.15) is 11.5 Å². The molecule has 2 amide bonds. The van der Waals surface area contributed by atoms with Crippen molar-refractivity contribution in [1.82, 2.24) is 5.43 Å². The molecule has 0 unspecified atom stereocenters. The van der Waals surface area contributed by atoms with Crippen LogP contribution in [0.25, 0.3) is 0 Å². The third kappa shape index (κ3) is 4.81. The maximum Gasteiger partial charge on any atom is 0.271 e. The molecule has 0 radical (unpaired) electrons. The average molecular weight is 341 g/mol. The highest BCUT2D eigenvalue weighted by molar-refractivity contribution is 6.02. The average Bonchev–Trinajstić information content (AvgIpc) is 2.60. The molecule has 0 fully saturated rings. The zero-order valence-electron chi connectivity index (χ0n) is 13.9. The Morgan fingerprint density at radius 3 is 2.36 bits per heavy atom. The van der Waals surface area contributed by atoms with Gasteiger partial charge in [0.15, 0.2) is 0 Å². The van der Waals surface area contributed by atoms with Crippen molar-refractivity contribution in [2.75, 3.05) is 5.32 Å². The molecule has 0 saturated carbocycles. The molecule has 0 spiro atoms. The Hall–Kier alpha value is -3.35. The summed E-state index contributed by atoms with van der Waals surface area (Å²) in [7, 11) is 0. The van der Waals surface area contributed by atoms with Crippen molar-refractivity contribution < 1.29 is 19.8 Å². The molecule has 0 saturated heterocycles. The van der Waals surface area contributed by atoms with Crippen molar-refractivity contribution in [2.24, 2.45) is 5.10 Å². The van der Waals surface area contributed by atoms with Crippen LogP contribution in [0.4, 0.5) is 5.69 Å². The molecule has 2 rings (SSSR count). The number of hydrazone groups is 1. The van der Waals surface area contributed by atoms with Crippen molar-refractivity contribution in [3.8, 4) is 11.5 Å². The minimum Gasteiger partial charge on any atom is -0.508 e. The van der Waals surface area contributed by atoms with Gasteiger partial charge in [-0.2, -0.15) is 5.10 Å². The third-order valence-corrected chi connectivity index (χ3v) is 3.45. The summed E-state index contributed by atoms with van der Waals surface area (Å²) in [6.07, 6.45) is 0.375. The Labute approximate surface area is 145 Å². The van der Waals surface area contributed by atoms with Crippen LogP contribution in [-0.2, 0) is 4.79 Å². The number of anilines is 1. The van der Waals surface area contributed by atoms with E-state index in [1.165, 1.54) is 18.2 Å². The van der Waals surface area contributed by atoms with E-state index in [9.17, 15) is 19.8 Å². The quantitative estimate of drug-likeness (QED) is 0.495. The first-order chi connectivity index (χ1) is 11.9. The van der Waals surface area contributed by atoms with Crippen LogP contribution in [0.5, 0.6) is 11.5 Å². The van der Waals surface area contributed by atoms with Gasteiger partial charge in [-0.15, -0.1) is 0 Å². The third-order valence-electron chi connectivity index (χ3n) is 3.45. The van der Waals surface area contributed by atoms with Gasteiger partial charge in [-0.25, -0.2) is 5.43 Å². The van der Waals surface area contributed by atoms with Gasteiger partial charge in [0, 0.05) is 29.3 Å². The molecule has 0 aromatic heterocycles. The summed E-state index contributed by atoms with van der Waals surface area (Å²) >= 11 is 0. The summed E-state index contributed by atoms with van der Waals surface area (Å²) in [6.45, 7) is 3.37. The molecule has 7 nitrogen and oxygen atoms in total. The molecule has 0 bridgehead atoms. The number of hydrogen-bond acceptors (Lipinski definition) is 5. The number of carbonyl (C=O) groups is 2. The van der Waals surface area contributed by atoms with Crippen molar-refractivity contribution in [3.63, 3.8) is 0 Å². The Balaban J connectivity index is 2.05. The molecule has 25 heavy (non-hydrogen) atoms. The van der Waals surface area contributed by atoms with Gasteiger partial charge in [0.25, 0.3) is 5.91 Å².